The number of fused-ring (bicyclic) bond motifs is 3. The van der Waals surface area contributed by atoms with Crippen LogP contribution in [-0.2, 0) is 27.2 Å². The molecule has 5 aromatic rings. The van der Waals surface area contributed by atoms with Crippen molar-refractivity contribution in [2.24, 2.45) is 17.8 Å². The molecule has 0 radical (unpaired) electrons. The van der Waals surface area contributed by atoms with Crippen LogP contribution >= 0.6 is 11.6 Å². The maximum absolute atomic E-state index is 14.2. The highest BCUT2D eigenvalue weighted by Crippen LogP contribution is 2.37. The molecule has 0 aliphatic carbocycles. The number of oxazole rings is 1. The number of nitrogens with zero attached hydrogens (tertiary/aromatic N) is 2. The molecular formula is C38H39ClN6O6. The van der Waals surface area contributed by atoms with Gasteiger partial charge < -0.3 is 29.8 Å². The number of rotatable bonds is 10. The Balaban J connectivity index is 1.11. The van der Waals surface area contributed by atoms with E-state index < -0.39 is 17.7 Å². The Kier molecular flexibility index (Phi) is 9.68. The Morgan fingerprint density at radius 1 is 0.961 bits per heavy atom. The minimum absolute atomic E-state index is 0.123. The van der Waals surface area contributed by atoms with Crippen molar-refractivity contribution < 1.29 is 23.6 Å². The molecule has 13 heteroatoms. The number of piperidine rings is 1. The van der Waals surface area contributed by atoms with Crippen LogP contribution in [0.4, 0.5) is 0 Å². The smallest absolute Gasteiger partial charge is 0.408 e. The molecule has 3 aromatic carbocycles. The molecule has 0 bridgehead atoms. The monoisotopic (exact) mass is 710 g/mol. The summed E-state index contributed by atoms with van der Waals surface area (Å²) >= 11 is 6.17. The Morgan fingerprint density at radius 3 is 2.57 bits per heavy atom. The summed E-state index contributed by atoms with van der Waals surface area (Å²) in [6.45, 7) is 1.19. The quantitative estimate of drug-likeness (QED) is 0.172. The number of likely N-dealkylation sites (N-methyl/N-ethyl adjacent to an activating group) is 1. The minimum atomic E-state index is -0.754. The molecule has 2 saturated heterocycles. The molecule has 12 nitrogen and oxygen atoms in total. The van der Waals surface area contributed by atoms with E-state index in [4.69, 9.17) is 16.0 Å². The predicted molar refractivity (Wildman–Crippen MR) is 192 cm³/mol. The number of hydrogen-bond donors (Lipinski definition) is 4. The first kappa shape index (κ1) is 34.1. The van der Waals surface area contributed by atoms with Crippen LogP contribution < -0.4 is 16.4 Å². The van der Waals surface area contributed by atoms with E-state index in [-0.39, 0.29) is 54.0 Å². The number of H-pyrrole nitrogens is 2. The number of aryl methyl sites for hydroxylation is 1. The molecule has 4 atom stereocenters. The molecule has 2 aliphatic heterocycles. The van der Waals surface area contributed by atoms with Crippen LogP contribution in [0.1, 0.15) is 34.3 Å². The lowest BCUT2D eigenvalue weighted by Gasteiger charge is -2.40. The van der Waals surface area contributed by atoms with Crippen molar-refractivity contribution in [3.63, 3.8) is 0 Å². The fraction of sp³-hybridized carbons (Fsp3) is 0.342. The highest BCUT2D eigenvalue weighted by atomic mass is 35.5. The predicted octanol–water partition coefficient (Wildman–Crippen LogP) is 3.90. The zero-order chi connectivity index (χ0) is 35.6. The highest BCUT2D eigenvalue weighted by Gasteiger charge is 2.48. The number of hydrogen-bond acceptors (Lipinski definition) is 6. The number of halogens is 1. The van der Waals surface area contributed by atoms with Gasteiger partial charge in [0.2, 0.25) is 17.7 Å². The molecular weight excluding hydrogens is 672 g/mol. The molecule has 2 aliphatic rings. The largest absolute Gasteiger partial charge is 0.417 e. The van der Waals surface area contributed by atoms with Crippen molar-refractivity contribution in [1.82, 2.24) is 30.4 Å². The molecule has 4 N–H and O–H groups in total. The minimum Gasteiger partial charge on any atom is -0.408 e. The van der Waals surface area contributed by atoms with Crippen molar-refractivity contribution in [2.45, 2.75) is 31.7 Å². The summed E-state index contributed by atoms with van der Waals surface area (Å²) in [5.74, 6) is -2.66. The maximum atomic E-state index is 14.2. The molecule has 0 saturated carbocycles. The lowest BCUT2D eigenvalue weighted by atomic mass is 9.79. The van der Waals surface area contributed by atoms with Gasteiger partial charge in [-0.05, 0) is 72.6 Å². The molecule has 51 heavy (non-hydrogen) atoms. The fourth-order valence-electron chi connectivity index (χ4n) is 7.64. The number of aromatic amines is 2. The fourth-order valence-corrected chi connectivity index (χ4v) is 7.81. The van der Waals surface area contributed by atoms with Crippen molar-refractivity contribution in [2.75, 3.05) is 33.2 Å². The first-order chi connectivity index (χ1) is 24.7. The molecule has 2 aromatic heterocycles. The number of benzene rings is 3. The second-order valence-electron chi connectivity index (χ2n) is 13.5. The first-order valence-corrected chi connectivity index (χ1v) is 17.6. The summed E-state index contributed by atoms with van der Waals surface area (Å²) in [5.41, 5.74) is 3.93. The molecule has 0 spiro atoms. The Hall–Kier alpha value is -5.36. The molecule has 4 amide bonds. The van der Waals surface area contributed by atoms with Gasteiger partial charge in [-0.2, -0.15) is 0 Å². The van der Waals surface area contributed by atoms with Crippen molar-refractivity contribution in [3.8, 4) is 0 Å². The number of aromatic nitrogens is 2. The first-order valence-electron chi connectivity index (χ1n) is 17.2. The number of amides is 4. The van der Waals surface area contributed by atoms with Crippen LogP contribution in [0.5, 0.6) is 0 Å². The second kappa shape index (κ2) is 14.5. The highest BCUT2D eigenvalue weighted by molar-refractivity contribution is 6.31. The maximum Gasteiger partial charge on any atom is 0.417 e. The lowest BCUT2D eigenvalue weighted by molar-refractivity contribution is -0.140. The van der Waals surface area contributed by atoms with Crippen LogP contribution in [0.2, 0.25) is 5.02 Å². The zero-order valence-corrected chi connectivity index (χ0v) is 28.9. The molecule has 3 unspecified atom stereocenters. The van der Waals surface area contributed by atoms with E-state index in [0.29, 0.717) is 48.6 Å². The third-order valence-electron chi connectivity index (χ3n) is 10.3. The second-order valence-corrected chi connectivity index (χ2v) is 13.9. The van der Waals surface area contributed by atoms with Gasteiger partial charge >= 0.3 is 5.76 Å². The molecule has 264 valence electrons. The van der Waals surface area contributed by atoms with Gasteiger partial charge in [0.25, 0.3) is 5.91 Å². The van der Waals surface area contributed by atoms with Gasteiger partial charge in [0, 0.05) is 60.9 Å². The van der Waals surface area contributed by atoms with E-state index in [1.165, 1.54) is 6.07 Å². The lowest BCUT2D eigenvalue weighted by Crippen LogP contribution is -2.56. The van der Waals surface area contributed by atoms with E-state index in [0.717, 1.165) is 28.5 Å². The van der Waals surface area contributed by atoms with Crippen LogP contribution in [0.25, 0.3) is 22.0 Å². The summed E-state index contributed by atoms with van der Waals surface area (Å²) in [6.07, 6.45) is 3.82. The number of likely N-dealkylation sites (tertiary alicyclic amines) is 2. The van der Waals surface area contributed by atoms with E-state index in [1.54, 1.807) is 41.2 Å². The molecule has 2 fully saturated rings. The summed E-state index contributed by atoms with van der Waals surface area (Å²) in [4.78, 5) is 75.8. The van der Waals surface area contributed by atoms with Gasteiger partial charge in [-0.25, -0.2) is 4.79 Å². The van der Waals surface area contributed by atoms with Gasteiger partial charge in [0.1, 0.15) is 6.04 Å². The van der Waals surface area contributed by atoms with Gasteiger partial charge in [0.05, 0.1) is 17.9 Å². The van der Waals surface area contributed by atoms with Crippen LogP contribution in [0, 0.1) is 17.8 Å². The Bertz CT molecular complexity index is 2160. The van der Waals surface area contributed by atoms with Gasteiger partial charge in [-0.1, -0.05) is 48.0 Å². The van der Waals surface area contributed by atoms with Crippen molar-refractivity contribution in [1.29, 1.82) is 0 Å². The van der Waals surface area contributed by atoms with Crippen LogP contribution in [-0.4, -0.2) is 82.7 Å². The topological polar surface area (TPSA) is 161 Å². The van der Waals surface area contributed by atoms with E-state index in [1.807, 2.05) is 42.5 Å². The van der Waals surface area contributed by atoms with E-state index in [2.05, 4.69) is 20.6 Å². The van der Waals surface area contributed by atoms with E-state index in [9.17, 15) is 24.0 Å². The normalized spacial score (nSPS) is 19.2. The number of carbonyl (C=O) groups is 4. The van der Waals surface area contributed by atoms with Crippen LogP contribution in [0.15, 0.2) is 82.1 Å². The third kappa shape index (κ3) is 7.27. The van der Waals surface area contributed by atoms with Gasteiger partial charge in [-0.15, -0.1) is 0 Å². The zero-order valence-electron chi connectivity index (χ0n) is 28.1. The molecule has 7 rings (SSSR count). The summed E-state index contributed by atoms with van der Waals surface area (Å²) < 4.78 is 5.18. The standard InChI is InChI=1S/C38H39ClN6O6/c1-40-36(48)31(9-5-8-22-6-3-2-4-7-22)42-35(47)29-21-44(34(46)15-24-17-41-32-16-26(39)11-12-27(24)32)18-25-19-45(20-28(25)29)37(49)23-10-13-30-33(14-23)51-38(50)43-30/h2-4,6-7,10-14,16-17,25,28-29,31,41H,5,8-9,15,18-21H2,1H3,(H,40,48)(H,42,47)(H,43,50)/t25?,28?,29?,31-/m0/s1. The van der Waals surface area contributed by atoms with Crippen LogP contribution in [0.3, 0.4) is 0 Å². The number of carbonyl (C=O) groups excluding carboxylic acids is 4. The average molecular weight is 711 g/mol. The van der Waals surface area contributed by atoms with E-state index >= 15 is 0 Å². The Labute approximate surface area is 298 Å². The summed E-state index contributed by atoms with van der Waals surface area (Å²) in [6, 6.07) is 19.5. The summed E-state index contributed by atoms with van der Waals surface area (Å²) in [5, 5.41) is 7.18. The SMILES string of the molecule is CNC(=O)[C@H](CCCc1ccccc1)NC(=O)C1CN(C(=O)Cc2c[nH]c3cc(Cl)ccc23)CC2CN(C(=O)c3ccc4[nH]c(=O)oc4c3)CC21. The van der Waals surface area contributed by atoms with Gasteiger partial charge in [0.15, 0.2) is 5.58 Å². The molecule has 4 heterocycles. The number of nitrogens with one attached hydrogen (secondary N) is 4. The van der Waals surface area contributed by atoms with Crippen molar-refractivity contribution in [3.05, 3.63) is 105 Å². The average Bonchev–Trinajstić information content (AvgIpc) is 3.85. The summed E-state index contributed by atoms with van der Waals surface area (Å²) in [7, 11) is 1.55. The Morgan fingerprint density at radius 2 is 1.76 bits per heavy atom. The third-order valence-corrected chi connectivity index (χ3v) is 10.5. The van der Waals surface area contributed by atoms with Crippen molar-refractivity contribution >= 4 is 57.2 Å². The van der Waals surface area contributed by atoms with Gasteiger partial charge in [-0.3, -0.25) is 24.2 Å².